The van der Waals surface area contributed by atoms with Crippen LogP contribution in [0.3, 0.4) is 0 Å². The van der Waals surface area contributed by atoms with Gasteiger partial charge in [0.1, 0.15) is 0 Å². The van der Waals surface area contributed by atoms with E-state index in [0.717, 1.165) is 0 Å². The summed E-state index contributed by atoms with van der Waals surface area (Å²) in [6.07, 6.45) is 0. The lowest BCUT2D eigenvalue weighted by atomic mass is 10.3. The maximum absolute atomic E-state index is 12.0. The second-order valence-electron chi connectivity index (χ2n) is 1.68. The summed E-state index contributed by atoms with van der Waals surface area (Å²) in [5.74, 6) is -5.56. The Kier molecular flexibility index (Phi) is 3.04. The van der Waals surface area contributed by atoms with Gasteiger partial charge in [-0.3, -0.25) is 0 Å². The molecule has 62 valence electrons. The van der Waals surface area contributed by atoms with Gasteiger partial charge in [0.25, 0.3) is 0 Å². The van der Waals surface area contributed by atoms with Gasteiger partial charge >= 0.3 is 0 Å². The van der Waals surface area contributed by atoms with E-state index in [2.05, 4.69) is 0 Å². The average molecular weight is 166 g/mol. The fourth-order valence-electron chi connectivity index (χ4n) is 0.498. The van der Waals surface area contributed by atoms with Crippen molar-refractivity contribution in [3.63, 3.8) is 0 Å². The first-order valence-corrected chi connectivity index (χ1v) is 2.41. The molecule has 1 aromatic rings. The average Bonchev–Trinajstić information content (AvgIpc) is 1.84. The summed E-state index contributed by atoms with van der Waals surface area (Å²) < 4.78 is 47.9. The van der Waals surface area contributed by atoms with Crippen LogP contribution in [0.5, 0.6) is 0 Å². The van der Waals surface area contributed by atoms with Gasteiger partial charge in [0.2, 0.25) is 0 Å². The van der Waals surface area contributed by atoms with Gasteiger partial charge in [-0.05, 0) is 0 Å². The van der Waals surface area contributed by atoms with Gasteiger partial charge in [0.15, 0.2) is 23.3 Å². The van der Waals surface area contributed by atoms with Crippen LogP contribution < -0.4 is 0 Å². The van der Waals surface area contributed by atoms with Crippen molar-refractivity contribution in [2.75, 3.05) is 0 Å². The Bertz CT molecular complexity index is 207. The normalized spacial score (nSPS) is 9.09. The Morgan fingerprint density at radius 1 is 0.636 bits per heavy atom. The lowest BCUT2D eigenvalue weighted by molar-refractivity contribution is 0.454. The maximum Gasteiger partial charge on any atom is 0.161 e. The van der Waals surface area contributed by atoms with Crippen LogP contribution in [0.25, 0.3) is 0 Å². The molecule has 0 nitrogen and oxygen atoms in total. The van der Waals surface area contributed by atoms with Crippen molar-refractivity contribution in [3.05, 3.63) is 35.4 Å². The van der Waals surface area contributed by atoms with Gasteiger partial charge in [0.05, 0.1) is 0 Å². The third kappa shape index (κ3) is 1.93. The second-order valence-corrected chi connectivity index (χ2v) is 1.68. The molecule has 4 heteroatoms. The summed E-state index contributed by atoms with van der Waals surface area (Å²) in [6, 6.07) is 0.315. The van der Waals surface area contributed by atoms with E-state index < -0.39 is 23.3 Å². The standard InChI is InChI=1S/C6H2F4.CH4/c7-3-1-4(8)6(10)2-5(3)9;/h1-2H;1H4. The van der Waals surface area contributed by atoms with Crippen molar-refractivity contribution in [1.29, 1.82) is 0 Å². The van der Waals surface area contributed by atoms with Crippen LogP contribution in [0.1, 0.15) is 7.43 Å². The molecule has 0 N–H and O–H groups in total. The molecule has 0 bridgehead atoms. The highest BCUT2D eigenvalue weighted by atomic mass is 19.2. The van der Waals surface area contributed by atoms with Crippen molar-refractivity contribution in [2.45, 2.75) is 7.43 Å². The molecule has 0 saturated carbocycles. The van der Waals surface area contributed by atoms with E-state index in [1.807, 2.05) is 0 Å². The van der Waals surface area contributed by atoms with E-state index >= 15 is 0 Å². The summed E-state index contributed by atoms with van der Waals surface area (Å²) in [5, 5.41) is 0. The first kappa shape index (κ1) is 9.94. The number of benzene rings is 1. The summed E-state index contributed by atoms with van der Waals surface area (Å²) in [5.41, 5.74) is 0. The largest absolute Gasteiger partial charge is 0.204 e. The Labute approximate surface area is 61.5 Å². The Balaban J connectivity index is 0.000001000. The minimum Gasteiger partial charge on any atom is -0.204 e. The van der Waals surface area contributed by atoms with Crippen LogP contribution in [0.4, 0.5) is 17.6 Å². The third-order valence-electron chi connectivity index (χ3n) is 0.963. The third-order valence-corrected chi connectivity index (χ3v) is 0.963. The molecule has 0 heterocycles. The molecule has 0 atom stereocenters. The highest BCUT2D eigenvalue weighted by molar-refractivity contribution is 5.10. The quantitative estimate of drug-likeness (QED) is 0.410. The maximum atomic E-state index is 12.0. The molecule has 0 aliphatic heterocycles. The highest BCUT2D eigenvalue weighted by Crippen LogP contribution is 2.11. The van der Waals surface area contributed by atoms with Gasteiger partial charge in [-0.25, -0.2) is 17.6 Å². The van der Waals surface area contributed by atoms with E-state index in [1.165, 1.54) is 0 Å². The fourth-order valence-corrected chi connectivity index (χ4v) is 0.498. The van der Waals surface area contributed by atoms with Crippen molar-refractivity contribution < 1.29 is 17.6 Å². The zero-order valence-electron chi connectivity index (χ0n) is 4.67. The number of rotatable bonds is 0. The molecule has 0 fully saturated rings. The Morgan fingerprint density at radius 2 is 0.818 bits per heavy atom. The van der Waals surface area contributed by atoms with Crippen LogP contribution in [0.2, 0.25) is 0 Å². The topological polar surface area (TPSA) is 0 Å². The molecule has 0 spiro atoms. The van der Waals surface area contributed by atoms with Crippen LogP contribution in [-0.2, 0) is 0 Å². The lowest BCUT2D eigenvalue weighted by Gasteiger charge is -1.92. The molecule has 1 aromatic carbocycles. The predicted octanol–water partition coefficient (Wildman–Crippen LogP) is 2.88. The smallest absolute Gasteiger partial charge is 0.161 e. The molecule has 0 aromatic heterocycles. The van der Waals surface area contributed by atoms with Gasteiger partial charge in [0, 0.05) is 12.1 Å². The summed E-state index contributed by atoms with van der Waals surface area (Å²) in [4.78, 5) is 0. The van der Waals surface area contributed by atoms with Crippen LogP contribution in [0.15, 0.2) is 12.1 Å². The zero-order chi connectivity index (χ0) is 7.72. The molecule has 0 unspecified atom stereocenters. The lowest BCUT2D eigenvalue weighted by Crippen LogP contribution is -1.90. The molecule has 0 aliphatic rings. The van der Waals surface area contributed by atoms with E-state index in [1.54, 1.807) is 0 Å². The zero-order valence-corrected chi connectivity index (χ0v) is 4.67. The van der Waals surface area contributed by atoms with Crippen molar-refractivity contribution in [1.82, 2.24) is 0 Å². The molecule has 0 saturated heterocycles. The van der Waals surface area contributed by atoms with E-state index in [9.17, 15) is 17.6 Å². The van der Waals surface area contributed by atoms with Crippen molar-refractivity contribution >= 4 is 0 Å². The molecule has 1 rings (SSSR count). The van der Waals surface area contributed by atoms with E-state index in [0.29, 0.717) is 0 Å². The molecule has 0 radical (unpaired) electrons. The van der Waals surface area contributed by atoms with Crippen molar-refractivity contribution in [2.24, 2.45) is 0 Å². The van der Waals surface area contributed by atoms with Gasteiger partial charge in [-0.15, -0.1) is 0 Å². The van der Waals surface area contributed by atoms with Crippen LogP contribution >= 0.6 is 0 Å². The van der Waals surface area contributed by atoms with E-state index in [4.69, 9.17) is 0 Å². The van der Waals surface area contributed by atoms with Gasteiger partial charge in [-0.2, -0.15) is 0 Å². The molecular weight excluding hydrogens is 160 g/mol. The van der Waals surface area contributed by atoms with Crippen LogP contribution in [0, 0.1) is 23.3 Å². The molecule has 0 amide bonds. The van der Waals surface area contributed by atoms with Gasteiger partial charge < -0.3 is 0 Å². The SMILES string of the molecule is C.Fc1cc(F)c(F)cc1F. The monoisotopic (exact) mass is 166 g/mol. The number of hydrogen-bond donors (Lipinski definition) is 0. The number of hydrogen-bond acceptors (Lipinski definition) is 0. The summed E-state index contributed by atoms with van der Waals surface area (Å²) >= 11 is 0. The summed E-state index contributed by atoms with van der Waals surface area (Å²) in [6.45, 7) is 0. The predicted molar refractivity (Wildman–Crippen MR) is 33.0 cm³/mol. The van der Waals surface area contributed by atoms with Crippen molar-refractivity contribution in [3.8, 4) is 0 Å². The molecule has 0 aliphatic carbocycles. The summed E-state index contributed by atoms with van der Waals surface area (Å²) in [7, 11) is 0. The molecule has 11 heavy (non-hydrogen) atoms. The minimum atomic E-state index is -1.39. The first-order chi connectivity index (χ1) is 4.61. The molecular formula is C7H6F4. The Morgan fingerprint density at radius 3 is 1.00 bits per heavy atom. The second kappa shape index (κ2) is 3.37. The fraction of sp³-hybridized carbons (Fsp3) is 0.143. The van der Waals surface area contributed by atoms with Crippen LogP contribution in [-0.4, -0.2) is 0 Å². The minimum absolute atomic E-state index is 0. The highest BCUT2D eigenvalue weighted by Gasteiger charge is 2.07. The van der Waals surface area contributed by atoms with E-state index in [-0.39, 0.29) is 19.6 Å². The van der Waals surface area contributed by atoms with Gasteiger partial charge in [-0.1, -0.05) is 7.43 Å². The Hall–Kier alpha value is -1.06. The number of halogens is 4. The first-order valence-electron chi connectivity index (χ1n) is 2.41.